The third-order valence-corrected chi connectivity index (χ3v) is 4.81. The minimum atomic E-state index is -3.77. The van der Waals surface area contributed by atoms with Gasteiger partial charge in [-0.1, -0.05) is 0 Å². The predicted molar refractivity (Wildman–Crippen MR) is 74.2 cm³/mol. The molecule has 21 heavy (non-hydrogen) atoms. The summed E-state index contributed by atoms with van der Waals surface area (Å²) in [4.78, 5) is 23.6. The van der Waals surface area contributed by atoms with Crippen LogP contribution in [-0.4, -0.2) is 39.1 Å². The molecule has 9 nitrogen and oxygen atoms in total. The van der Waals surface area contributed by atoms with Gasteiger partial charge in [-0.05, 0) is 6.07 Å². The average molecular weight is 313 g/mol. The zero-order valence-electron chi connectivity index (χ0n) is 11.8. The maximum Gasteiger partial charge on any atom is 0.330 e. The molecule has 0 saturated heterocycles. The maximum atomic E-state index is 12.2. The number of aromatic amines is 1. The highest BCUT2D eigenvalue weighted by molar-refractivity contribution is 7.89. The summed E-state index contributed by atoms with van der Waals surface area (Å²) in [5.74, 6) is 0. The molecule has 0 spiro atoms. The van der Waals surface area contributed by atoms with Crippen LogP contribution in [0.4, 0.5) is 0 Å². The smallest absolute Gasteiger partial charge is 0.303 e. The van der Waals surface area contributed by atoms with E-state index in [-0.39, 0.29) is 17.1 Å². The van der Waals surface area contributed by atoms with Crippen molar-refractivity contribution in [1.82, 2.24) is 23.6 Å². The molecule has 2 aromatic rings. The summed E-state index contributed by atoms with van der Waals surface area (Å²) in [6, 6.07) is 1.32. The molecule has 0 aliphatic heterocycles. The minimum Gasteiger partial charge on any atom is -0.303 e. The highest BCUT2D eigenvalue weighted by Crippen LogP contribution is 2.12. The van der Waals surface area contributed by atoms with Gasteiger partial charge in [0, 0.05) is 39.4 Å². The molecule has 0 atom stereocenters. The van der Waals surface area contributed by atoms with E-state index in [0.717, 1.165) is 8.87 Å². The third kappa shape index (κ3) is 2.67. The molecule has 0 radical (unpaired) electrons. The van der Waals surface area contributed by atoms with Crippen molar-refractivity contribution in [3.8, 4) is 0 Å². The molecule has 0 aromatic carbocycles. The molecular weight excluding hydrogens is 298 g/mol. The number of aromatic nitrogens is 4. The number of hydrogen-bond acceptors (Lipinski definition) is 5. The fourth-order valence-electron chi connectivity index (χ4n) is 1.87. The van der Waals surface area contributed by atoms with Crippen LogP contribution in [0.1, 0.15) is 5.56 Å². The van der Waals surface area contributed by atoms with E-state index in [9.17, 15) is 18.0 Å². The molecule has 0 aliphatic carbocycles. The Bertz CT molecular complexity index is 863. The van der Waals surface area contributed by atoms with Gasteiger partial charge in [-0.15, -0.1) is 0 Å². The Morgan fingerprint density at radius 1 is 1.33 bits per heavy atom. The summed E-state index contributed by atoms with van der Waals surface area (Å²) in [5.41, 5.74) is -0.794. The first-order valence-electron chi connectivity index (χ1n) is 5.96. The second kappa shape index (κ2) is 5.30. The molecule has 2 heterocycles. The molecule has 0 fully saturated rings. The van der Waals surface area contributed by atoms with Crippen LogP contribution in [-0.2, 0) is 30.7 Å². The lowest BCUT2D eigenvalue weighted by Crippen LogP contribution is -2.40. The molecular formula is C11H15N5O4S. The summed E-state index contributed by atoms with van der Waals surface area (Å²) >= 11 is 0. The Morgan fingerprint density at radius 3 is 2.57 bits per heavy atom. The van der Waals surface area contributed by atoms with Gasteiger partial charge in [-0.25, -0.2) is 13.2 Å². The molecule has 2 aromatic heterocycles. The summed E-state index contributed by atoms with van der Waals surface area (Å²) in [5, 5.41) is 5.90. The Labute approximate surface area is 120 Å². The lowest BCUT2D eigenvalue weighted by Gasteiger charge is -2.16. The molecule has 0 unspecified atom stereocenters. The van der Waals surface area contributed by atoms with E-state index >= 15 is 0 Å². The fourth-order valence-corrected chi connectivity index (χ4v) is 2.92. The normalized spacial score (nSPS) is 12.0. The first kappa shape index (κ1) is 15.2. The van der Waals surface area contributed by atoms with E-state index in [1.54, 1.807) is 0 Å². The standard InChI is InChI=1S/C11H15N5O4S/c1-14-6-8(10(17)16(3)11(14)18)7-15(2)21(19,20)9-4-5-12-13-9/h4-6H,7H2,1-3H3,(H,12,13). The van der Waals surface area contributed by atoms with Gasteiger partial charge in [-0.2, -0.15) is 9.40 Å². The van der Waals surface area contributed by atoms with E-state index in [0.29, 0.717) is 0 Å². The van der Waals surface area contributed by atoms with Gasteiger partial charge < -0.3 is 4.57 Å². The first-order valence-corrected chi connectivity index (χ1v) is 7.40. The van der Waals surface area contributed by atoms with Crippen molar-refractivity contribution in [1.29, 1.82) is 0 Å². The Morgan fingerprint density at radius 2 is 2.00 bits per heavy atom. The number of sulfonamides is 1. The quantitative estimate of drug-likeness (QED) is 0.748. The van der Waals surface area contributed by atoms with Crippen LogP contribution in [0.5, 0.6) is 0 Å². The molecule has 0 amide bonds. The SMILES string of the molecule is CN(Cc1cn(C)c(=O)n(C)c1=O)S(=O)(=O)c1ccn[nH]1. The summed E-state index contributed by atoms with van der Waals surface area (Å²) in [7, 11) is 0.421. The number of aryl methyl sites for hydroxylation is 1. The molecule has 114 valence electrons. The number of rotatable bonds is 4. The average Bonchev–Trinajstić information content (AvgIpc) is 2.97. The zero-order chi connectivity index (χ0) is 15.8. The van der Waals surface area contributed by atoms with Gasteiger partial charge in [0.25, 0.3) is 15.6 Å². The zero-order valence-corrected chi connectivity index (χ0v) is 12.6. The molecule has 1 N–H and O–H groups in total. The summed E-state index contributed by atoms with van der Waals surface area (Å²) < 4.78 is 27.6. The topological polar surface area (TPSA) is 110 Å². The fraction of sp³-hybridized carbons (Fsp3) is 0.364. The van der Waals surface area contributed by atoms with E-state index in [1.165, 1.54) is 44.2 Å². The Kier molecular flexibility index (Phi) is 3.83. The predicted octanol–water partition coefficient (Wildman–Crippen LogP) is -1.37. The maximum absolute atomic E-state index is 12.2. The number of nitrogens with zero attached hydrogens (tertiary/aromatic N) is 4. The Hall–Kier alpha value is -2.20. The summed E-state index contributed by atoms with van der Waals surface area (Å²) in [6.45, 7) is -0.151. The van der Waals surface area contributed by atoms with Crippen molar-refractivity contribution >= 4 is 10.0 Å². The Balaban J connectivity index is 2.40. The van der Waals surface area contributed by atoms with E-state index in [2.05, 4.69) is 10.2 Å². The van der Waals surface area contributed by atoms with Crippen LogP contribution in [0.25, 0.3) is 0 Å². The number of hydrogen-bond donors (Lipinski definition) is 1. The molecule has 0 saturated carbocycles. The largest absolute Gasteiger partial charge is 0.330 e. The van der Waals surface area contributed by atoms with Gasteiger partial charge in [0.15, 0.2) is 5.03 Å². The van der Waals surface area contributed by atoms with Crippen LogP contribution < -0.4 is 11.2 Å². The van der Waals surface area contributed by atoms with E-state index < -0.39 is 21.3 Å². The second-order valence-corrected chi connectivity index (χ2v) is 6.61. The van der Waals surface area contributed by atoms with Crippen LogP contribution >= 0.6 is 0 Å². The number of H-pyrrole nitrogens is 1. The van der Waals surface area contributed by atoms with Crippen molar-refractivity contribution in [2.45, 2.75) is 11.6 Å². The highest BCUT2D eigenvalue weighted by atomic mass is 32.2. The molecule has 0 bridgehead atoms. The lowest BCUT2D eigenvalue weighted by molar-refractivity contribution is 0.457. The van der Waals surface area contributed by atoms with Crippen LogP contribution in [0.3, 0.4) is 0 Å². The number of nitrogens with one attached hydrogen (secondary N) is 1. The molecule has 0 aliphatic rings. The van der Waals surface area contributed by atoms with Gasteiger partial charge in [0.2, 0.25) is 0 Å². The first-order chi connectivity index (χ1) is 9.75. The van der Waals surface area contributed by atoms with Gasteiger partial charge in [0.1, 0.15) is 0 Å². The minimum absolute atomic E-state index is 0.0633. The molecule has 2 rings (SSSR count). The monoisotopic (exact) mass is 313 g/mol. The van der Waals surface area contributed by atoms with Crippen molar-refractivity contribution in [3.63, 3.8) is 0 Å². The van der Waals surface area contributed by atoms with Gasteiger partial charge in [0.05, 0.1) is 6.20 Å². The van der Waals surface area contributed by atoms with Gasteiger partial charge >= 0.3 is 5.69 Å². The summed E-state index contributed by atoms with van der Waals surface area (Å²) in [6.07, 6.45) is 2.66. The van der Waals surface area contributed by atoms with E-state index in [4.69, 9.17) is 0 Å². The van der Waals surface area contributed by atoms with Crippen molar-refractivity contribution in [2.75, 3.05) is 7.05 Å². The van der Waals surface area contributed by atoms with Crippen molar-refractivity contribution in [3.05, 3.63) is 44.9 Å². The van der Waals surface area contributed by atoms with Crippen LogP contribution in [0.2, 0.25) is 0 Å². The van der Waals surface area contributed by atoms with Crippen molar-refractivity contribution in [2.24, 2.45) is 14.1 Å². The third-order valence-electron chi connectivity index (χ3n) is 3.07. The highest BCUT2D eigenvalue weighted by Gasteiger charge is 2.23. The van der Waals surface area contributed by atoms with Crippen LogP contribution in [0, 0.1) is 0 Å². The second-order valence-electron chi connectivity index (χ2n) is 4.59. The van der Waals surface area contributed by atoms with E-state index in [1.807, 2.05) is 0 Å². The van der Waals surface area contributed by atoms with Gasteiger partial charge in [-0.3, -0.25) is 14.5 Å². The van der Waals surface area contributed by atoms with Crippen LogP contribution in [0.15, 0.2) is 33.1 Å². The van der Waals surface area contributed by atoms with Crippen molar-refractivity contribution < 1.29 is 8.42 Å². The lowest BCUT2D eigenvalue weighted by atomic mass is 10.3. The molecule has 10 heteroatoms.